The van der Waals surface area contributed by atoms with Crippen LogP contribution in [0.25, 0.3) is 33.4 Å². The summed E-state index contributed by atoms with van der Waals surface area (Å²) in [4.78, 5) is 23.2. The van der Waals surface area contributed by atoms with Crippen molar-refractivity contribution in [2.75, 3.05) is 0 Å². The Hall–Kier alpha value is -1.64. The van der Waals surface area contributed by atoms with E-state index in [0.717, 1.165) is 0 Å². The Kier molecular flexibility index (Phi) is 8.46. The second-order valence-corrected chi connectivity index (χ2v) is 5.63. The van der Waals surface area contributed by atoms with Crippen molar-refractivity contribution in [2.45, 2.75) is 0 Å². The van der Waals surface area contributed by atoms with Crippen LogP contribution in [0.3, 0.4) is 0 Å². The molecule has 0 unspecified atom stereocenters. The van der Waals surface area contributed by atoms with Gasteiger partial charge in [-0.2, -0.15) is 0 Å². The van der Waals surface area contributed by atoms with Crippen molar-refractivity contribution < 1.29 is 84.0 Å². The fourth-order valence-electron chi connectivity index (χ4n) is 3.02. The predicted molar refractivity (Wildman–Crippen MR) is 91.9 cm³/mol. The average molecular weight is 394 g/mol. The summed E-state index contributed by atoms with van der Waals surface area (Å²) in [6.07, 6.45) is 0. The molecule has 2 aromatic rings. The maximum Gasteiger partial charge on any atom is 1.00 e. The van der Waals surface area contributed by atoms with Gasteiger partial charge in [0.05, 0.1) is 5.97 Å². The Bertz CT molecular complexity index is 1170. The largest absolute Gasteiger partial charge is 1.00 e. The van der Waals surface area contributed by atoms with Gasteiger partial charge in [-0.3, -0.25) is 4.79 Å². The third kappa shape index (κ3) is 4.34. The SMILES string of the molecule is O.O=C([O-])c1ccccc1-c1c2ccc(=O)cc-2oc2cc([O-])ccc12.[Na+].[Na+]. The normalized spacial score (nSPS) is 9.86. The molecule has 0 aromatic heterocycles. The van der Waals surface area contributed by atoms with Crippen molar-refractivity contribution >= 4 is 16.9 Å². The van der Waals surface area contributed by atoms with Crippen LogP contribution >= 0.6 is 0 Å². The number of fused-ring (bicyclic) bond motifs is 2. The van der Waals surface area contributed by atoms with E-state index in [4.69, 9.17) is 4.42 Å². The van der Waals surface area contributed by atoms with Gasteiger partial charge in [0.2, 0.25) is 0 Å². The van der Waals surface area contributed by atoms with Crippen molar-refractivity contribution in [3.8, 4) is 28.2 Å². The first-order chi connectivity index (χ1) is 12.0. The van der Waals surface area contributed by atoms with Crippen LogP contribution in [-0.4, -0.2) is 11.4 Å². The van der Waals surface area contributed by atoms with E-state index in [0.29, 0.717) is 22.1 Å². The zero-order valence-electron chi connectivity index (χ0n) is 15.3. The molecule has 6 nitrogen and oxygen atoms in total. The Morgan fingerprint density at radius 3 is 2.32 bits per heavy atom. The van der Waals surface area contributed by atoms with Gasteiger partial charge in [-0.15, -0.1) is 5.75 Å². The first-order valence-electron chi connectivity index (χ1n) is 7.53. The van der Waals surface area contributed by atoms with E-state index in [2.05, 4.69) is 0 Å². The predicted octanol–water partition coefficient (Wildman–Crippen LogP) is -4.81. The number of carboxylic acid groups (broad SMARTS) is 1. The minimum atomic E-state index is -1.31. The molecule has 0 saturated carbocycles. The minimum Gasteiger partial charge on any atom is -0.872 e. The van der Waals surface area contributed by atoms with Gasteiger partial charge in [-0.1, -0.05) is 36.4 Å². The quantitative estimate of drug-likeness (QED) is 0.249. The Labute approximate surface area is 204 Å². The van der Waals surface area contributed by atoms with Crippen LogP contribution < -0.4 is 74.8 Å². The number of benzene rings is 3. The molecule has 1 heterocycles. The van der Waals surface area contributed by atoms with Crippen molar-refractivity contribution in [3.63, 3.8) is 0 Å². The van der Waals surface area contributed by atoms with Crippen molar-refractivity contribution in [1.82, 2.24) is 0 Å². The van der Waals surface area contributed by atoms with Gasteiger partial charge in [0.15, 0.2) is 5.43 Å². The first-order valence-corrected chi connectivity index (χ1v) is 7.53. The third-order valence-electron chi connectivity index (χ3n) is 4.08. The van der Waals surface area contributed by atoms with E-state index in [-0.39, 0.29) is 92.7 Å². The van der Waals surface area contributed by atoms with Crippen LogP contribution in [0.1, 0.15) is 10.4 Å². The van der Waals surface area contributed by atoms with Crippen molar-refractivity contribution in [3.05, 3.63) is 76.5 Å². The molecule has 0 fully saturated rings. The molecule has 1 aliphatic heterocycles. The zero-order chi connectivity index (χ0) is 17.6. The standard InChI is InChI=1S/C20H12O5.2Na.H2O/c21-11-5-7-15-17(9-11)25-18-10-12(22)6-8-16(18)19(15)13-3-1-2-4-14(13)20(23)24;;;/h1-10,21H,(H,23,24);;;1H2/q;2*+1;/p-2. The smallest absolute Gasteiger partial charge is 0.872 e. The summed E-state index contributed by atoms with van der Waals surface area (Å²) in [5.74, 6) is -1.26. The van der Waals surface area contributed by atoms with Gasteiger partial charge in [-0.25, -0.2) is 0 Å². The second-order valence-electron chi connectivity index (χ2n) is 5.63. The summed E-state index contributed by atoms with van der Waals surface area (Å²) in [5.41, 5.74) is 1.66. The van der Waals surface area contributed by atoms with E-state index in [1.807, 2.05) is 0 Å². The maximum absolute atomic E-state index is 11.7. The van der Waals surface area contributed by atoms with Gasteiger partial charge in [0, 0.05) is 28.1 Å². The molecule has 0 bridgehead atoms. The van der Waals surface area contributed by atoms with E-state index < -0.39 is 5.97 Å². The average Bonchev–Trinajstić information content (AvgIpc) is 2.59. The van der Waals surface area contributed by atoms with Crippen LogP contribution in [-0.2, 0) is 0 Å². The van der Waals surface area contributed by atoms with E-state index in [9.17, 15) is 19.8 Å². The zero-order valence-corrected chi connectivity index (χ0v) is 19.3. The van der Waals surface area contributed by atoms with Crippen LogP contribution in [0.4, 0.5) is 0 Å². The number of carboxylic acids is 1. The molecule has 1 aliphatic carbocycles. The summed E-state index contributed by atoms with van der Waals surface area (Å²) < 4.78 is 5.71. The number of rotatable bonds is 2. The van der Waals surface area contributed by atoms with Crippen LogP contribution in [0, 0.1) is 0 Å². The molecule has 0 saturated heterocycles. The summed E-state index contributed by atoms with van der Waals surface area (Å²) >= 11 is 0. The van der Waals surface area contributed by atoms with Gasteiger partial charge in [0.25, 0.3) is 0 Å². The Morgan fingerprint density at radius 1 is 0.893 bits per heavy atom. The molecule has 4 rings (SSSR count). The van der Waals surface area contributed by atoms with Crippen LogP contribution in [0.15, 0.2) is 69.9 Å². The molecule has 2 N–H and O–H groups in total. The number of hydrogen-bond donors (Lipinski definition) is 0. The fourth-order valence-corrected chi connectivity index (χ4v) is 3.02. The van der Waals surface area contributed by atoms with E-state index in [1.54, 1.807) is 30.3 Å². The van der Waals surface area contributed by atoms with Gasteiger partial charge in [0.1, 0.15) is 11.3 Å². The number of carbonyl (C=O) groups is 1. The summed E-state index contributed by atoms with van der Waals surface area (Å²) in [5, 5.41) is 23.8. The fraction of sp³-hybridized carbons (Fsp3) is 0. The molecular weight excluding hydrogens is 382 g/mol. The molecular formula is C20H12Na2O6. The molecule has 2 aliphatic rings. The molecule has 2 aromatic carbocycles. The van der Waals surface area contributed by atoms with Gasteiger partial charge >= 0.3 is 59.1 Å². The second kappa shape index (κ2) is 9.71. The summed E-state index contributed by atoms with van der Waals surface area (Å²) in [6, 6.07) is 15.0. The maximum atomic E-state index is 11.7. The number of carbonyl (C=O) groups excluding carboxylic acids is 1. The van der Waals surface area contributed by atoms with Crippen LogP contribution in [0.5, 0.6) is 5.75 Å². The Balaban J connectivity index is 0.00000131. The van der Waals surface area contributed by atoms with Crippen molar-refractivity contribution in [1.29, 1.82) is 0 Å². The topological polar surface area (TPSA) is 125 Å². The third-order valence-corrected chi connectivity index (χ3v) is 4.08. The molecule has 130 valence electrons. The minimum absolute atomic E-state index is 0. The van der Waals surface area contributed by atoms with E-state index >= 15 is 0 Å². The molecule has 28 heavy (non-hydrogen) atoms. The van der Waals surface area contributed by atoms with Crippen LogP contribution in [0.2, 0.25) is 0 Å². The number of aromatic carboxylic acids is 1. The Morgan fingerprint density at radius 2 is 1.61 bits per heavy atom. The number of hydrogen-bond acceptors (Lipinski definition) is 5. The monoisotopic (exact) mass is 394 g/mol. The molecule has 0 amide bonds. The molecule has 8 heteroatoms. The molecule has 0 spiro atoms. The van der Waals surface area contributed by atoms with Crippen molar-refractivity contribution in [2.24, 2.45) is 0 Å². The van der Waals surface area contributed by atoms with E-state index in [1.165, 1.54) is 30.3 Å². The summed E-state index contributed by atoms with van der Waals surface area (Å²) in [7, 11) is 0. The van der Waals surface area contributed by atoms with Gasteiger partial charge in [-0.05, 0) is 23.8 Å². The molecule has 0 radical (unpaired) electrons. The summed E-state index contributed by atoms with van der Waals surface area (Å²) in [6.45, 7) is 0. The molecule has 0 atom stereocenters. The van der Waals surface area contributed by atoms with Gasteiger partial charge < -0.3 is 24.9 Å². The first kappa shape index (κ1) is 24.4.